The second-order valence-corrected chi connectivity index (χ2v) is 6.72. The average molecular weight is 503 g/mol. The first-order chi connectivity index (χ1) is 13.1. The predicted molar refractivity (Wildman–Crippen MR) is 107 cm³/mol. The molecule has 2 aromatic carbocycles. The molecule has 0 atom stereocenters. The number of halogens is 2. The molecule has 3 rings (SSSR count). The number of carbonyl (C=O) groups excluding carboxylic acids is 2. The Morgan fingerprint density at radius 3 is 2.36 bits per heavy atom. The zero-order valence-corrected chi connectivity index (χ0v) is 17.9. The Morgan fingerprint density at radius 1 is 0.964 bits per heavy atom. The number of ketones is 1. The lowest BCUT2D eigenvalue weighted by molar-refractivity contribution is -0.683. The number of benzene rings is 2. The molecule has 0 spiro atoms. The van der Waals surface area contributed by atoms with E-state index in [1.165, 1.54) is 0 Å². The smallest absolute Gasteiger partial charge is 0.277 e. The number of hydrazone groups is 1. The zero-order valence-electron chi connectivity index (χ0n) is 14.8. The molecule has 0 bridgehead atoms. The van der Waals surface area contributed by atoms with Gasteiger partial charge in [0.2, 0.25) is 12.3 Å². The van der Waals surface area contributed by atoms with Gasteiger partial charge in [-0.2, -0.15) is 9.67 Å². The van der Waals surface area contributed by atoms with E-state index in [1.807, 2.05) is 42.5 Å². The minimum Gasteiger partial charge on any atom is -1.00 e. The van der Waals surface area contributed by atoms with Crippen LogP contribution in [0.2, 0.25) is 0 Å². The third kappa shape index (κ3) is 6.21. The molecule has 0 unspecified atom stereocenters. The third-order valence-electron chi connectivity index (χ3n) is 3.79. The van der Waals surface area contributed by atoms with Gasteiger partial charge in [0, 0.05) is 16.1 Å². The molecule has 0 aliphatic carbocycles. The maximum Gasteiger partial charge on any atom is 0.277 e. The van der Waals surface area contributed by atoms with Crippen molar-refractivity contribution >= 4 is 33.8 Å². The van der Waals surface area contributed by atoms with Crippen LogP contribution < -0.4 is 27.0 Å². The van der Waals surface area contributed by atoms with Crippen molar-refractivity contribution in [3.8, 4) is 0 Å². The molecular weight excluding hydrogens is 486 g/mol. The van der Waals surface area contributed by atoms with Crippen molar-refractivity contribution in [1.29, 1.82) is 0 Å². The van der Waals surface area contributed by atoms with E-state index < -0.39 is 0 Å². The summed E-state index contributed by atoms with van der Waals surface area (Å²) in [7, 11) is 0. The van der Waals surface area contributed by atoms with Crippen molar-refractivity contribution in [1.82, 2.24) is 5.43 Å². The number of pyridine rings is 1. The quantitative estimate of drug-likeness (QED) is 0.229. The van der Waals surface area contributed by atoms with Gasteiger partial charge >= 0.3 is 0 Å². The molecule has 0 saturated heterocycles. The predicted octanol–water partition coefficient (Wildman–Crippen LogP) is 0.387. The van der Waals surface area contributed by atoms with Crippen LogP contribution in [0.3, 0.4) is 0 Å². The Balaban J connectivity index is 0.00000280. The fraction of sp³-hybridized carbons (Fsp3) is 0.0476. The van der Waals surface area contributed by atoms with E-state index in [0.717, 1.165) is 10.0 Å². The van der Waals surface area contributed by atoms with E-state index in [2.05, 4.69) is 26.5 Å². The lowest BCUT2D eigenvalue weighted by Gasteiger charge is -2.01. The maximum atomic E-state index is 12.3. The number of Topliss-reactive ketones (excluding diaryl/α,β-unsaturated/α-hetero) is 1. The van der Waals surface area contributed by atoms with E-state index in [0.29, 0.717) is 11.1 Å². The number of nitrogens with zero attached hydrogens (tertiary/aromatic N) is 2. The van der Waals surface area contributed by atoms with Gasteiger partial charge in [-0.3, -0.25) is 9.59 Å². The van der Waals surface area contributed by atoms with Crippen LogP contribution in [0.15, 0.2) is 88.7 Å². The molecule has 28 heavy (non-hydrogen) atoms. The largest absolute Gasteiger partial charge is 1.00 e. The molecule has 3 aromatic rings. The Morgan fingerprint density at radius 2 is 1.64 bits per heavy atom. The summed E-state index contributed by atoms with van der Waals surface area (Å²) >= 11 is 3.37. The molecule has 7 heteroatoms. The Labute approximate surface area is 182 Å². The molecule has 142 valence electrons. The van der Waals surface area contributed by atoms with Crippen molar-refractivity contribution in [3.63, 3.8) is 0 Å². The van der Waals surface area contributed by atoms with Gasteiger partial charge in [0.1, 0.15) is 5.56 Å². The zero-order chi connectivity index (χ0) is 19.1. The van der Waals surface area contributed by atoms with Crippen LogP contribution in [0.4, 0.5) is 0 Å². The van der Waals surface area contributed by atoms with Crippen LogP contribution in [0.1, 0.15) is 26.3 Å². The summed E-state index contributed by atoms with van der Waals surface area (Å²) in [5, 5.41) is 3.97. The van der Waals surface area contributed by atoms with Crippen molar-refractivity contribution in [3.05, 3.63) is 100 Å². The molecule has 1 aromatic heterocycles. The lowest BCUT2D eigenvalue weighted by atomic mass is 10.1. The first-order valence-corrected chi connectivity index (χ1v) is 9.07. The van der Waals surface area contributed by atoms with E-state index in [4.69, 9.17) is 0 Å². The fourth-order valence-electron chi connectivity index (χ4n) is 2.41. The van der Waals surface area contributed by atoms with Gasteiger partial charge in [0.15, 0.2) is 12.4 Å². The highest BCUT2D eigenvalue weighted by molar-refractivity contribution is 9.10. The maximum absolute atomic E-state index is 12.3. The van der Waals surface area contributed by atoms with E-state index >= 15 is 0 Å². The highest BCUT2D eigenvalue weighted by Gasteiger charge is 2.14. The topological polar surface area (TPSA) is 62.4 Å². The standard InChI is InChI=1S/C21H16BrN3O2.BrH/c22-19-10-8-16(9-11-19)13-23-24-21(27)18-7-4-12-25(14-18)15-20(26)17-5-2-1-3-6-17;/h1-14H,15H2;1H/b23-13+;. The molecule has 0 fully saturated rings. The van der Waals surface area contributed by atoms with Crippen LogP contribution in [-0.4, -0.2) is 17.9 Å². The molecule has 0 saturated carbocycles. The van der Waals surface area contributed by atoms with Gasteiger partial charge in [0.05, 0.1) is 6.21 Å². The number of hydrogen-bond acceptors (Lipinski definition) is 3. The third-order valence-corrected chi connectivity index (χ3v) is 4.32. The summed E-state index contributed by atoms with van der Waals surface area (Å²) in [6, 6.07) is 20.0. The minimum atomic E-state index is -0.343. The second-order valence-electron chi connectivity index (χ2n) is 5.80. The summed E-state index contributed by atoms with van der Waals surface area (Å²) in [6.07, 6.45) is 4.95. The Bertz CT molecular complexity index is 974. The number of rotatable bonds is 6. The molecule has 1 heterocycles. The number of amides is 1. The van der Waals surface area contributed by atoms with Crippen molar-refractivity contribution < 1.29 is 31.1 Å². The average Bonchev–Trinajstić information content (AvgIpc) is 2.70. The van der Waals surface area contributed by atoms with Gasteiger partial charge in [-0.05, 0) is 23.8 Å². The summed E-state index contributed by atoms with van der Waals surface area (Å²) in [4.78, 5) is 24.6. The Kier molecular flexibility index (Phi) is 8.22. The van der Waals surface area contributed by atoms with Crippen LogP contribution in [-0.2, 0) is 6.54 Å². The van der Waals surface area contributed by atoms with Gasteiger partial charge in [0.25, 0.3) is 5.91 Å². The van der Waals surface area contributed by atoms with Gasteiger partial charge in [-0.1, -0.05) is 58.4 Å². The van der Waals surface area contributed by atoms with Crippen molar-refractivity contribution in [2.75, 3.05) is 0 Å². The number of nitrogens with one attached hydrogen (secondary N) is 1. The SMILES string of the molecule is O=C(C[n+]1cccc(C(=O)N/N=C/c2ccc(Br)cc2)c1)c1ccccc1.[Br-]. The van der Waals surface area contributed by atoms with Crippen LogP contribution in [0.5, 0.6) is 0 Å². The number of carbonyl (C=O) groups is 2. The van der Waals surface area contributed by atoms with Gasteiger partial charge in [-0.25, -0.2) is 5.43 Å². The van der Waals surface area contributed by atoms with E-state index in [9.17, 15) is 9.59 Å². The number of hydrogen-bond donors (Lipinski definition) is 1. The van der Waals surface area contributed by atoms with Gasteiger partial charge < -0.3 is 17.0 Å². The monoisotopic (exact) mass is 501 g/mol. The normalized spacial score (nSPS) is 10.3. The molecular formula is C21H17Br2N3O2. The van der Waals surface area contributed by atoms with Crippen LogP contribution in [0, 0.1) is 0 Å². The first-order valence-electron chi connectivity index (χ1n) is 8.28. The van der Waals surface area contributed by atoms with Crippen molar-refractivity contribution in [2.24, 2.45) is 5.10 Å². The fourth-order valence-corrected chi connectivity index (χ4v) is 2.68. The Hall–Kier alpha value is -2.64. The van der Waals surface area contributed by atoms with E-state index in [-0.39, 0.29) is 35.2 Å². The van der Waals surface area contributed by atoms with Crippen molar-refractivity contribution in [2.45, 2.75) is 6.54 Å². The lowest BCUT2D eigenvalue weighted by Crippen LogP contribution is -3.00. The molecule has 0 aliphatic heterocycles. The molecule has 1 amide bonds. The summed E-state index contributed by atoms with van der Waals surface area (Å²) in [5.41, 5.74) is 4.43. The van der Waals surface area contributed by atoms with E-state index in [1.54, 1.807) is 47.4 Å². The molecule has 0 radical (unpaired) electrons. The summed E-state index contributed by atoms with van der Waals surface area (Å²) in [5.74, 6) is -0.365. The van der Waals surface area contributed by atoms with Crippen LogP contribution in [0.25, 0.3) is 0 Å². The highest BCUT2D eigenvalue weighted by Crippen LogP contribution is 2.09. The number of aromatic nitrogens is 1. The molecule has 5 nitrogen and oxygen atoms in total. The summed E-state index contributed by atoms with van der Waals surface area (Å²) < 4.78 is 2.66. The van der Waals surface area contributed by atoms with Gasteiger partial charge in [-0.15, -0.1) is 0 Å². The minimum absolute atomic E-state index is 0. The highest BCUT2D eigenvalue weighted by atomic mass is 79.9. The summed E-state index contributed by atoms with van der Waals surface area (Å²) in [6.45, 7) is 0.160. The molecule has 0 aliphatic rings. The first kappa shape index (κ1) is 21.7. The second kappa shape index (κ2) is 10.6. The molecule has 1 N–H and O–H groups in total. The van der Waals surface area contributed by atoms with Crippen LogP contribution >= 0.6 is 15.9 Å².